The molecule has 0 heterocycles. The Morgan fingerprint density at radius 1 is 1.50 bits per heavy atom. The summed E-state index contributed by atoms with van der Waals surface area (Å²) >= 11 is 3.05. The minimum atomic E-state index is -0.441. The maximum absolute atomic E-state index is 13.7. The molecule has 0 amide bonds. The first-order valence-corrected chi connectivity index (χ1v) is 5.51. The van der Waals surface area contributed by atoms with Gasteiger partial charge in [0.05, 0.1) is 15.7 Å². The molecule has 1 rings (SSSR count). The lowest BCUT2D eigenvalue weighted by atomic mass is 10.2. The standard InChI is InChI=1S/C12H10BrFN2/c1-2-3-4-7-16-10-6-5-9(8-15)11(13)12(10)14/h5-6,16H,4,7H2,1H3. The minimum Gasteiger partial charge on any atom is -0.382 e. The summed E-state index contributed by atoms with van der Waals surface area (Å²) in [5, 5.41) is 11.6. The van der Waals surface area contributed by atoms with Crippen molar-refractivity contribution in [2.75, 3.05) is 11.9 Å². The second-order valence-corrected chi connectivity index (χ2v) is 3.80. The second-order valence-electron chi connectivity index (χ2n) is 3.00. The molecule has 0 atom stereocenters. The van der Waals surface area contributed by atoms with E-state index in [1.165, 1.54) is 0 Å². The Morgan fingerprint density at radius 2 is 2.25 bits per heavy atom. The fourth-order valence-corrected chi connectivity index (χ4v) is 1.59. The van der Waals surface area contributed by atoms with E-state index in [4.69, 9.17) is 5.26 Å². The quantitative estimate of drug-likeness (QED) is 0.681. The molecule has 0 spiro atoms. The highest BCUT2D eigenvalue weighted by Crippen LogP contribution is 2.26. The molecule has 2 nitrogen and oxygen atoms in total. The molecule has 1 N–H and O–H groups in total. The van der Waals surface area contributed by atoms with Crippen LogP contribution in [0.15, 0.2) is 16.6 Å². The molecule has 0 aliphatic rings. The van der Waals surface area contributed by atoms with Crippen molar-refractivity contribution in [3.05, 3.63) is 28.0 Å². The molecule has 0 bridgehead atoms. The van der Waals surface area contributed by atoms with Crippen LogP contribution in [0.4, 0.5) is 10.1 Å². The van der Waals surface area contributed by atoms with Crippen molar-refractivity contribution in [1.29, 1.82) is 5.26 Å². The third kappa shape index (κ3) is 2.98. The molecule has 0 aromatic heterocycles. The van der Waals surface area contributed by atoms with Crippen LogP contribution in [0.5, 0.6) is 0 Å². The van der Waals surface area contributed by atoms with E-state index in [2.05, 4.69) is 33.1 Å². The van der Waals surface area contributed by atoms with Gasteiger partial charge in [0.15, 0.2) is 5.82 Å². The molecule has 82 valence electrons. The van der Waals surface area contributed by atoms with E-state index >= 15 is 0 Å². The zero-order valence-electron chi connectivity index (χ0n) is 8.77. The first-order valence-electron chi connectivity index (χ1n) is 4.72. The molecule has 0 saturated heterocycles. The lowest BCUT2D eigenvalue weighted by molar-refractivity contribution is 0.623. The summed E-state index contributed by atoms with van der Waals surface area (Å²) in [4.78, 5) is 0. The number of benzene rings is 1. The zero-order chi connectivity index (χ0) is 12.0. The van der Waals surface area contributed by atoms with Gasteiger partial charge >= 0.3 is 0 Å². The Kier molecular flexibility index (Phi) is 4.82. The third-order valence-electron chi connectivity index (χ3n) is 1.94. The Bertz CT molecular complexity index is 480. The summed E-state index contributed by atoms with van der Waals surface area (Å²) in [5.74, 6) is 5.20. The summed E-state index contributed by atoms with van der Waals surface area (Å²) in [6, 6.07) is 5.03. The molecule has 0 aliphatic carbocycles. The number of hydrogen-bond acceptors (Lipinski definition) is 2. The molecule has 0 fully saturated rings. The minimum absolute atomic E-state index is 0.196. The number of nitrogens with zero attached hydrogens (tertiary/aromatic N) is 1. The molecule has 0 aliphatic heterocycles. The molecule has 1 aromatic carbocycles. The molecule has 4 heteroatoms. The monoisotopic (exact) mass is 280 g/mol. The fraction of sp³-hybridized carbons (Fsp3) is 0.250. The van der Waals surface area contributed by atoms with Crippen LogP contribution in [0.3, 0.4) is 0 Å². The van der Waals surface area contributed by atoms with E-state index in [1.807, 2.05) is 6.07 Å². The van der Waals surface area contributed by atoms with Crippen LogP contribution in [0.2, 0.25) is 0 Å². The van der Waals surface area contributed by atoms with Crippen LogP contribution in [0.1, 0.15) is 18.9 Å². The van der Waals surface area contributed by atoms with Crippen LogP contribution in [0, 0.1) is 29.0 Å². The maximum Gasteiger partial charge on any atom is 0.161 e. The first kappa shape index (κ1) is 12.5. The van der Waals surface area contributed by atoms with E-state index in [9.17, 15) is 4.39 Å². The molecule has 0 unspecified atom stereocenters. The van der Waals surface area contributed by atoms with Crippen molar-refractivity contribution in [2.24, 2.45) is 0 Å². The highest BCUT2D eigenvalue weighted by Gasteiger charge is 2.09. The molecule has 0 radical (unpaired) electrons. The summed E-state index contributed by atoms with van der Waals surface area (Å²) in [6.07, 6.45) is 0.660. The molecule has 0 saturated carbocycles. The van der Waals surface area contributed by atoms with Gasteiger partial charge in [0.1, 0.15) is 6.07 Å². The van der Waals surface area contributed by atoms with Crippen molar-refractivity contribution in [2.45, 2.75) is 13.3 Å². The summed E-state index contributed by atoms with van der Waals surface area (Å²) in [7, 11) is 0. The molecular weight excluding hydrogens is 271 g/mol. The molecular formula is C12H10BrFN2. The van der Waals surface area contributed by atoms with E-state index < -0.39 is 5.82 Å². The van der Waals surface area contributed by atoms with Crippen molar-refractivity contribution >= 4 is 21.6 Å². The van der Waals surface area contributed by atoms with Gasteiger partial charge in [-0.25, -0.2) is 4.39 Å². The topological polar surface area (TPSA) is 35.8 Å². The SMILES string of the molecule is CC#CCCNc1ccc(C#N)c(Br)c1F. The Balaban J connectivity index is 2.78. The lowest BCUT2D eigenvalue weighted by Gasteiger charge is -2.07. The predicted octanol–water partition coefficient (Wildman–Crippen LogP) is 3.29. The van der Waals surface area contributed by atoms with Crippen molar-refractivity contribution in [3.8, 4) is 17.9 Å². The van der Waals surface area contributed by atoms with Gasteiger partial charge in [-0.2, -0.15) is 5.26 Å². The number of hydrogen-bond donors (Lipinski definition) is 1. The summed E-state index contributed by atoms with van der Waals surface area (Å²) in [5.41, 5.74) is 0.667. The Morgan fingerprint density at radius 3 is 2.88 bits per heavy atom. The highest BCUT2D eigenvalue weighted by molar-refractivity contribution is 9.10. The number of anilines is 1. The van der Waals surface area contributed by atoms with Crippen LogP contribution < -0.4 is 5.32 Å². The predicted molar refractivity (Wildman–Crippen MR) is 65.4 cm³/mol. The van der Waals surface area contributed by atoms with Gasteiger partial charge < -0.3 is 5.32 Å². The van der Waals surface area contributed by atoms with E-state index in [0.717, 1.165) is 0 Å². The van der Waals surface area contributed by atoms with Gasteiger partial charge in [0.25, 0.3) is 0 Å². The Hall–Kier alpha value is -1.52. The van der Waals surface area contributed by atoms with Gasteiger partial charge in [-0.15, -0.1) is 11.8 Å². The van der Waals surface area contributed by atoms with Gasteiger partial charge in [-0.1, -0.05) is 0 Å². The normalized spacial score (nSPS) is 8.88. The van der Waals surface area contributed by atoms with Gasteiger partial charge in [0, 0.05) is 13.0 Å². The van der Waals surface area contributed by atoms with E-state index in [1.54, 1.807) is 19.1 Å². The first-order chi connectivity index (χ1) is 7.70. The zero-order valence-corrected chi connectivity index (χ0v) is 10.4. The van der Waals surface area contributed by atoms with Gasteiger partial charge in [-0.05, 0) is 35.0 Å². The number of rotatable bonds is 3. The average molecular weight is 281 g/mol. The molecule has 16 heavy (non-hydrogen) atoms. The Labute approximate surface area is 103 Å². The van der Waals surface area contributed by atoms with Crippen LogP contribution >= 0.6 is 15.9 Å². The number of nitriles is 1. The maximum atomic E-state index is 13.7. The fourth-order valence-electron chi connectivity index (χ4n) is 1.16. The van der Waals surface area contributed by atoms with Gasteiger partial charge in [0.2, 0.25) is 0 Å². The van der Waals surface area contributed by atoms with Crippen LogP contribution in [-0.4, -0.2) is 6.54 Å². The van der Waals surface area contributed by atoms with E-state index in [0.29, 0.717) is 18.7 Å². The number of halogens is 2. The second kappa shape index (κ2) is 6.15. The van der Waals surface area contributed by atoms with Crippen molar-refractivity contribution in [3.63, 3.8) is 0 Å². The number of nitrogens with one attached hydrogen (secondary N) is 1. The van der Waals surface area contributed by atoms with Crippen molar-refractivity contribution < 1.29 is 4.39 Å². The summed E-state index contributed by atoms with van der Waals surface area (Å²) in [6.45, 7) is 2.34. The van der Waals surface area contributed by atoms with E-state index in [-0.39, 0.29) is 10.0 Å². The molecule has 1 aromatic rings. The van der Waals surface area contributed by atoms with Crippen molar-refractivity contribution in [1.82, 2.24) is 0 Å². The van der Waals surface area contributed by atoms with Crippen LogP contribution in [0.25, 0.3) is 0 Å². The largest absolute Gasteiger partial charge is 0.382 e. The lowest BCUT2D eigenvalue weighted by Crippen LogP contribution is -2.03. The highest BCUT2D eigenvalue weighted by atomic mass is 79.9. The summed E-state index contributed by atoms with van der Waals surface area (Å²) < 4.78 is 13.9. The third-order valence-corrected chi connectivity index (χ3v) is 2.72. The van der Waals surface area contributed by atoms with Gasteiger partial charge in [-0.3, -0.25) is 0 Å². The smallest absolute Gasteiger partial charge is 0.161 e. The average Bonchev–Trinajstić information content (AvgIpc) is 2.30. The van der Waals surface area contributed by atoms with Crippen LogP contribution in [-0.2, 0) is 0 Å².